The Kier molecular flexibility index (Phi) is 11.6. The van der Waals surface area contributed by atoms with Crippen LogP contribution in [-0.4, -0.2) is 69.4 Å². The maximum Gasteiger partial charge on any atom is 0.264 e. The van der Waals surface area contributed by atoms with Gasteiger partial charge >= 0.3 is 0 Å². The summed E-state index contributed by atoms with van der Waals surface area (Å²) in [7, 11) is 0. The molecule has 0 radical (unpaired) electrons. The number of amides is 6. The number of anilines is 4. The number of rotatable bonds is 15. The molecular formula is C39H42FN9O6. The number of pyridine rings is 2. The molecule has 1 atom stereocenters. The number of imide groups is 2. The first-order valence-corrected chi connectivity index (χ1v) is 18.2. The Morgan fingerprint density at radius 2 is 1.69 bits per heavy atom. The van der Waals surface area contributed by atoms with Crippen molar-refractivity contribution < 1.29 is 33.2 Å². The molecule has 0 saturated carbocycles. The monoisotopic (exact) mass is 751 g/mol. The Morgan fingerprint density at radius 1 is 0.909 bits per heavy atom. The van der Waals surface area contributed by atoms with Crippen molar-refractivity contribution in [3.63, 3.8) is 0 Å². The van der Waals surface area contributed by atoms with Crippen molar-refractivity contribution in [3.8, 4) is 11.1 Å². The lowest BCUT2D eigenvalue weighted by Crippen LogP contribution is -2.54. The number of carbonyl (C=O) groups excluding carboxylic acids is 6. The van der Waals surface area contributed by atoms with Crippen LogP contribution in [0.5, 0.6) is 0 Å². The topological polar surface area (TPSA) is 232 Å². The highest BCUT2D eigenvalue weighted by atomic mass is 19.1. The number of aromatic nitrogens is 2. The van der Waals surface area contributed by atoms with Gasteiger partial charge in [0.1, 0.15) is 11.9 Å². The minimum Gasteiger partial charge on any atom is -0.397 e. The number of carbonyl (C=O) groups is 6. The van der Waals surface area contributed by atoms with Crippen LogP contribution in [-0.2, 0) is 19.2 Å². The Morgan fingerprint density at radius 3 is 2.49 bits per heavy atom. The second-order valence-electron chi connectivity index (χ2n) is 13.6. The van der Waals surface area contributed by atoms with E-state index in [9.17, 15) is 28.8 Å². The van der Waals surface area contributed by atoms with Crippen molar-refractivity contribution >= 4 is 69.1 Å². The van der Waals surface area contributed by atoms with Crippen LogP contribution in [0.1, 0.15) is 84.1 Å². The molecular weight excluding hydrogens is 709 g/mol. The number of halogens is 1. The van der Waals surface area contributed by atoms with Crippen LogP contribution >= 0.6 is 0 Å². The number of nitrogens with one attached hydrogen (secondary N) is 4. The van der Waals surface area contributed by atoms with Crippen molar-refractivity contribution in [2.75, 3.05) is 35.2 Å². The molecule has 286 valence electrons. The summed E-state index contributed by atoms with van der Waals surface area (Å²) in [6.07, 6.45) is 8.99. The number of unbranched alkanes of at least 4 members (excludes halogenated alkanes) is 4. The molecule has 2 aromatic heterocycles. The molecule has 8 N–H and O–H groups in total. The van der Waals surface area contributed by atoms with Crippen LogP contribution in [0, 0.1) is 12.7 Å². The summed E-state index contributed by atoms with van der Waals surface area (Å²) in [5.74, 6) is -3.04. The van der Waals surface area contributed by atoms with Gasteiger partial charge in [-0.05, 0) is 61.4 Å². The SMILES string of the molecule is Cc1c(N)cncc1-c1cc2cc(NC(=O)CCNC(=O)CCCCCCCNc3cccc4c3C(=O)N(C3CCC(=O)NC3=O)C4=O)ncc2c(N)c1F. The zero-order valence-corrected chi connectivity index (χ0v) is 30.3. The standard InChI is InChI=1S/C39H42FN9O6/c1-21-25(18-43-20-27(21)41)24-16-22-17-30(46-19-26(22)36(42)35(24)40)47-33(52)13-15-45-31(50)10-5-3-2-4-6-14-44-28-9-7-8-23-34(28)39(55)49(38(23)54)29-11-12-32(51)48-37(29)53/h7-9,16-20,29,44H,2-6,10-15,41-42H2,1H3,(H,45,50)(H,46,47,52)(H,48,51,53). The Bertz CT molecular complexity index is 2210. The van der Waals surface area contributed by atoms with Gasteiger partial charge in [0, 0.05) is 66.9 Å². The van der Waals surface area contributed by atoms with Crippen molar-refractivity contribution in [3.05, 3.63) is 71.4 Å². The lowest BCUT2D eigenvalue weighted by molar-refractivity contribution is -0.136. The summed E-state index contributed by atoms with van der Waals surface area (Å²) in [5, 5.41) is 11.9. The van der Waals surface area contributed by atoms with E-state index in [1.165, 1.54) is 18.6 Å². The van der Waals surface area contributed by atoms with E-state index in [-0.39, 0.29) is 65.8 Å². The second kappa shape index (κ2) is 16.7. The van der Waals surface area contributed by atoms with Crippen molar-refractivity contribution in [2.45, 2.75) is 70.8 Å². The maximum atomic E-state index is 15.2. The highest BCUT2D eigenvalue weighted by molar-refractivity contribution is 6.25. The van der Waals surface area contributed by atoms with Crippen molar-refractivity contribution in [2.24, 2.45) is 0 Å². The predicted octanol–water partition coefficient (Wildman–Crippen LogP) is 4.21. The number of nitrogens with zero attached hydrogens (tertiary/aromatic N) is 3. The van der Waals surface area contributed by atoms with Gasteiger partial charge in [0.05, 0.1) is 28.7 Å². The molecule has 6 rings (SSSR count). The second-order valence-corrected chi connectivity index (χ2v) is 13.6. The number of benzene rings is 2. The fourth-order valence-electron chi connectivity index (χ4n) is 6.81. The van der Waals surface area contributed by atoms with Gasteiger partial charge in [0.25, 0.3) is 11.8 Å². The van der Waals surface area contributed by atoms with Crippen LogP contribution in [0.4, 0.5) is 27.3 Å². The van der Waals surface area contributed by atoms with Crippen LogP contribution < -0.4 is 32.7 Å². The lowest BCUT2D eigenvalue weighted by atomic mass is 9.97. The molecule has 16 heteroatoms. The normalized spacial score (nSPS) is 15.2. The van der Waals surface area contributed by atoms with Crippen LogP contribution in [0.15, 0.2) is 48.9 Å². The van der Waals surface area contributed by atoms with Crippen LogP contribution in [0.3, 0.4) is 0 Å². The molecule has 15 nitrogen and oxygen atoms in total. The Balaban J connectivity index is 0.878. The Hall–Kier alpha value is -6.45. The largest absolute Gasteiger partial charge is 0.397 e. The first-order valence-electron chi connectivity index (χ1n) is 18.2. The average Bonchev–Trinajstić information content (AvgIpc) is 3.41. The van der Waals surface area contributed by atoms with Gasteiger partial charge in [-0.3, -0.25) is 44.0 Å². The quantitative estimate of drug-likeness (QED) is 0.0572. The molecule has 4 aromatic rings. The van der Waals surface area contributed by atoms with Gasteiger partial charge in [-0.25, -0.2) is 9.37 Å². The summed E-state index contributed by atoms with van der Waals surface area (Å²) in [6, 6.07) is 7.15. The van der Waals surface area contributed by atoms with Crippen LogP contribution in [0.25, 0.3) is 21.9 Å². The molecule has 4 heterocycles. The number of nitrogens with two attached hydrogens (primary N) is 2. The van der Waals surface area contributed by atoms with Crippen molar-refractivity contribution in [1.82, 2.24) is 25.5 Å². The lowest BCUT2D eigenvalue weighted by Gasteiger charge is -2.27. The highest BCUT2D eigenvalue weighted by Crippen LogP contribution is 2.36. The molecule has 2 aliphatic heterocycles. The first-order chi connectivity index (χ1) is 26.4. The van der Waals surface area contributed by atoms with E-state index < -0.39 is 35.5 Å². The molecule has 6 amide bonds. The predicted molar refractivity (Wildman–Crippen MR) is 204 cm³/mol. The zero-order valence-electron chi connectivity index (χ0n) is 30.3. The van der Waals surface area contributed by atoms with Gasteiger partial charge in [-0.1, -0.05) is 25.3 Å². The fourth-order valence-corrected chi connectivity index (χ4v) is 6.81. The number of hydrogen-bond donors (Lipinski definition) is 6. The highest BCUT2D eigenvalue weighted by Gasteiger charge is 2.45. The molecule has 2 aliphatic rings. The summed E-state index contributed by atoms with van der Waals surface area (Å²) in [4.78, 5) is 84.4. The number of nitrogen functional groups attached to an aromatic ring is 2. The average molecular weight is 752 g/mol. The van der Waals surface area contributed by atoms with Gasteiger partial charge in [-0.2, -0.15) is 0 Å². The molecule has 2 aromatic carbocycles. The number of piperidine rings is 1. The summed E-state index contributed by atoms with van der Waals surface area (Å²) in [5.41, 5.74) is 14.8. The van der Waals surface area contributed by atoms with Gasteiger partial charge in [-0.15, -0.1) is 0 Å². The summed E-state index contributed by atoms with van der Waals surface area (Å²) in [6.45, 7) is 2.47. The van der Waals surface area contributed by atoms with E-state index in [0.717, 1.165) is 30.6 Å². The van der Waals surface area contributed by atoms with E-state index in [1.807, 2.05) is 0 Å². The van der Waals surface area contributed by atoms with Gasteiger partial charge in [0.15, 0.2) is 5.82 Å². The molecule has 0 aliphatic carbocycles. The van der Waals surface area contributed by atoms with E-state index in [2.05, 4.69) is 31.2 Å². The van der Waals surface area contributed by atoms with E-state index in [1.54, 1.807) is 37.3 Å². The molecule has 55 heavy (non-hydrogen) atoms. The van der Waals surface area contributed by atoms with E-state index in [4.69, 9.17) is 11.5 Å². The minimum absolute atomic E-state index is 0.0305. The van der Waals surface area contributed by atoms with Gasteiger partial charge < -0.3 is 27.4 Å². The maximum absolute atomic E-state index is 15.2. The summed E-state index contributed by atoms with van der Waals surface area (Å²) >= 11 is 0. The van der Waals surface area contributed by atoms with E-state index in [0.29, 0.717) is 52.7 Å². The molecule has 1 saturated heterocycles. The number of fused-ring (bicyclic) bond motifs is 2. The first kappa shape index (κ1) is 38.3. The van der Waals surface area contributed by atoms with Gasteiger partial charge in [0.2, 0.25) is 23.6 Å². The zero-order chi connectivity index (χ0) is 39.2. The number of hydrogen-bond acceptors (Lipinski definition) is 11. The molecule has 1 fully saturated rings. The Labute approximate surface area is 315 Å². The van der Waals surface area contributed by atoms with E-state index >= 15 is 4.39 Å². The molecule has 0 spiro atoms. The third kappa shape index (κ3) is 8.37. The van der Waals surface area contributed by atoms with Crippen LogP contribution in [0.2, 0.25) is 0 Å². The fraction of sp³-hybridized carbons (Fsp3) is 0.333. The van der Waals surface area contributed by atoms with Crippen molar-refractivity contribution in [1.29, 1.82) is 0 Å². The smallest absolute Gasteiger partial charge is 0.264 e. The third-order valence-electron chi connectivity index (χ3n) is 9.85. The third-order valence-corrected chi connectivity index (χ3v) is 9.85. The summed E-state index contributed by atoms with van der Waals surface area (Å²) < 4.78 is 15.2. The molecule has 1 unspecified atom stereocenters. The minimum atomic E-state index is -1.02. The molecule has 0 bridgehead atoms.